The van der Waals surface area contributed by atoms with Gasteiger partial charge in [0.15, 0.2) is 0 Å². The van der Waals surface area contributed by atoms with Crippen LogP contribution in [0.4, 0.5) is 0 Å². The highest BCUT2D eigenvalue weighted by atomic mass is 35.5. The summed E-state index contributed by atoms with van der Waals surface area (Å²) < 4.78 is 5.64. The lowest BCUT2D eigenvalue weighted by Crippen LogP contribution is -2.25. The molecule has 94 valence electrons. The number of benzene rings is 1. The lowest BCUT2D eigenvalue weighted by Gasteiger charge is -2.11. The predicted octanol–water partition coefficient (Wildman–Crippen LogP) is 3.16. The molecule has 0 radical (unpaired) electrons. The molecule has 17 heavy (non-hydrogen) atoms. The molecule has 1 aliphatic heterocycles. The van der Waals surface area contributed by atoms with E-state index >= 15 is 0 Å². The fraction of sp³-hybridized carbons (Fsp3) is 0.571. The molecule has 1 N–H and O–H groups in total. The van der Waals surface area contributed by atoms with Crippen molar-refractivity contribution in [1.82, 2.24) is 5.32 Å². The van der Waals surface area contributed by atoms with Gasteiger partial charge in [-0.15, -0.1) is 11.6 Å². The summed E-state index contributed by atoms with van der Waals surface area (Å²) >= 11 is 6.08. The van der Waals surface area contributed by atoms with Gasteiger partial charge in [0, 0.05) is 23.4 Å². The van der Waals surface area contributed by atoms with Gasteiger partial charge in [0.05, 0.1) is 6.61 Å². The maximum absolute atomic E-state index is 6.08. The molecule has 2 atom stereocenters. The van der Waals surface area contributed by atoms with Crippen molar-refractivity contribution in [2.45, 2.75) is 31.1 Å². The molecule has 1 heterocycles. The Bertz CT molecular complexity index is 356. The van der Waals surface area contributed by atoms with E-state index in [0.29, 0.717) is 11.3 Å². The zero-order chi connectivity index (χ0) is 12.1. The molecule has 0 saturated heterocycles. The average Bonchev–Trinajstić information content (AvgIpc) is 2.78. The summed E-state index contributed by atoms with van der Waals surface area (Å²) in [6.45, 7) is 4.88. The van der Waals surface area contributed by atoms with E-state index in [1.54, 1.807) is 0 Å². The van der Waals surface area contributed by atoms with E-state index in [4.69, 9.17) is 16.3 Å². The molecule has 0 aromatic heterocycles. The normalized spacial score (nSPS) is 19.8. The van der Waals surface area contributed by atoms with Gasteiger partial charge >= 0.3 is 0 Å². The van der Waals surface area contributed by atoms with E-state index in [9.17, 15) is 0 Å². The first-order valence-corrected chi connectivity index (χ1v) is 6.81. The fourth-order valence-corrected chi connectivity index (χ4v) is 2.25. The van der Waals surface area contributed by atoms with E-state index in [0.717, 1.165) is 38.3 Å². The molecule has 1 aliphatic rings. The van der Waals surface area contributed by atoms with Gasteiger partial charge in [0.25, 0.3) is 0 Å². The summed E-state index contributed by atoms with van der Waals surface area (Å²) in [6.07, 6.45) is 2.08. The zero-order valence-corrected chi connectivity index (χ0v) is 11.0. The third-order valence-electron chi connectivity index (χ3n) is 3.27. The number of ether oxygens (including phenoxy) is 1. The molecule has 0 aliphatic carbocycles. The minimum Gasteiger partial charge on any atom is -0.493 e. The van der Waals surface area contributed by atoms with Crippen LogP contribution in [-0.4, -0.2) is 25.1 Å². The number of alkyl halides is 1. The van der Waals surface area contributed by atoms with Gasteiger partial charge < -0.3 is 10.1 Å². The van der Waals surface area contributed by atoms with Gasteiger partial charge in [-0.1, -0.05) is 25.1 Å². The van der Waals surface area contributed by atoms with Crippen molar-refractivity contribution in [1.29, 1.82) is 0 Å². The van der Waals surface area contributed by atoms with E-state index in [2.05, 4.69) is 24.4 Å². The molecule has 0 saturated carbocycles. The SMILES string of the molecule is CCC(Cl)CCNCC1COc2ccccc21. The van der Waals surface area contributed by atoms with Crippen LogP contribution in [0.3, 0.4) is 0 Å². The molecule has 0 amide bonds. The summed E-state index contributed by atoms with van der Waals surface area (Å²) in [6, 6.07) is 8.30. The molecule has 0 bridgehead atoms. The Morgan fingerprint density at radius 3 is 3.12 bits per heavy atom. The molecule has 2 rings (SSSR count). The largest absolute Gasteiger partial charge is 0.493 e. The Morgan fingerprint density at radius 2 is 2.29 bits per heavy atom. The highest BCUT2D eigenvalue weighted by molar-refractivity contribution is 6.20. The predicted molar refractivity (Wildman–Crippen MR) is 72.1 cm³/mol. The van der Waals surface area contributed by atoms with Crippen LogP contribution in [0, 0.1) is 0 Å². The maximum atomic E-state index is 6.08. The molecular weight excluding hydrogens is 234 g/mol. The van der Waals surface area contributed by atoms with Crippen molar-refractivity contribution in [2.24, 2.45) is 0 Å². The molecule has 0 fully saturated rings. The summed E-state index contributed by atoms with van der Waals surface area (Å²) in [7, 11) is 0. The number of nitrogens with one attached hydrogen (secondary N) is 1. The number of halogens is 1. The van der Waals surface area contributed by atoms with Crippen molar-refractivity contribution in [2.75, 3.05) is 19.7 Å². The van der Waals surface area contributed by atoms with Crippen LogP contribution in [0.2, 0.25) is 0 Å². The highest BCUT2D eigenvalue weighted by Gasteiger charge is 2.22. The highest BCUT2D eigenvalue weighted by Crippen LogP contribution is 2.32. The van der Waals surface area contributed by atoms with Crippen LogP contribution in [-0.2, 0) is 0 Å². The quantitative estimate of drug-likeness (QED) is 0.621. The van der Waals surface area contributed by atoms with Crippen LogP contribution < -0.4 is 10.1 Å². The van der Waals surface area contributed by atoms with E-state index in [1.807, 2.05) is 12.1 Å². The van der Waals surface area contributed by atoms with Crippen molar-refractivity contribution in [3.63, 3.8) is 0 Å². The van der Waals surface area contributed by atoms with Gasteiger partial charge in [-0.05, 0) is 25.5 Å². The monoisotopic (exact) mass is 253 g/mol. The van der Waals surface area contributed by atoms with Gasteiger partial charge in [0.1, 0.15) is 5.75 Å². The zero-order valence-electron chi connectivity index (χ0n) is 10.3. The molecule has 1 aromatic rings. The van der Waals surface area contributed by atoms with Gasteiger partial charge in [0.2, 0.25) is 0 Å². The van der Waals surface area contributed by atoms with Gasteiger partial charge in [-0.2, -0.15) is 0 Å². The Balaban J connectivity index is 1.75. The topological polar surface area (TPSA) is 21.3 Å². The van der Waals surface area contributed by atoms with E-state index in [-0.39, 0.29) is 0 Å². The fourth-order valence-electron chi connectivity index (χ4n) is 2.14. The summed E-state index contributed by atoms with van der Waals surface area (Å²) in [5.41, 5.74) is 1.33. The minimum atomic E-state index is 0.301. The summed E-state index contributed by atoms with van der Waals surface area (Å²) in [5, 5.41) is 3.77. The molecule has 2 unspecified atom stereocenters. The Kier molecular flexibility index (Phi) is 4.69. The number of fused-ring (bicyclic) bond motifs is 1. The van der Waals surface area contributed by atoms with Crippen molar-refractivity contribution >= 4 is 11.6 Å². The third kappa shape index (κ3) is 3.36. The van der Waals surface area contributed by atoms with Crippen LogP contribution in [0.5, 0.6) is 5.75 Å². The number of hydrogen-bond donors (Lipinski definition) is 1. The first-order chi connectivity index (χ1) is 8.31. The van der Waals surface area contributed by atoms with Crippen LogP contribution >= 0.6 is 11.6 Å². The van der Waals surface area contributed by atoms with Gasteiger partial charge in [-0.3, -0.25) is 0 Å². The first kappa shape index (κ1) is 12.7. The van der Waals surface area contributed by atoms with E-state index in [1.165, 1.54) is 5.56 Å². The molecular formula is C14H20ClNO. The second kappa shape index (κ2) is 6.27. The molecule has 0 spiro atoms. The second-order valence-electron chi connectivity index (χ2n) is 4.54. The Hall–Kier alpha value is -0.730. The number of hydrogen-bond acceptors (Lipinski definition) is 2. The third-order valence-corrected chi connectivity index (χ3v) is 3.79. The Labute approximate surface area is 108 Å². The van der Waals surface area contributed by atoms with E-state index < -0.39 is 0 Å². The molecule has 1 aromatic carbocycles. The standard InChI is InChI=1S/C14H20ClNO/c1-2-12(15)7-8-16-9-11-10-17-14-6-4-3-5-13(11)14/h3-6,11-12,16H,2,7-10H2,1H3. The maximum Gasteiger partial charge on any atom is 0.122 e. The van der Waals surface area contributed by atoms with Crippen molar-refractivity contribution in [3.05, 3.63) is 29.8 Å². The minimum absolute atomic E-state index is 0.301. The smallest absolute Gasteiger partial charge is 0.122 e. The number of para-hydroxylation sites is 1. The summed E-state index contributed by atoms with van der Waals surface area (Å²) in [5.74, 6) is 1.53. The van der Waals surface area contributed by atoms with Gasteiger partial charge in [-0.25, -0.2) is 0 Å². The van der Waals surface area contributed by atoms with Crippen LogP contribution in [0.1, 0.15) is 31.2 Å². The lowest BCUT2D eigenvalue weighted by atomic mass is 10.0. The summed E-state index contributed by atoms with van der Waals surface area (Å²) in [4.78, 5) is 0. The number of rotatable bonds is 6. The molecule has 2 nitrogen and oxygen atoms in total. The average molecular weight is 254 g/mol. The van der Waals surface area contributed by atoms with Crippen LogP contribution in [0.25, 0.3) is 0 Å². The lowest BCUT2D eigenvalue weighted by molar-refractivity contribution is 0.326. The molecule has 3 heteroatoms. The Morgan fingerprint density at radius 1 is 1.47 bits per heavy atom. The van der Waals surface area contributed by atoms with Crippen molar-refractivity contribution < 1.29 is 4.74 Å². The van der Waals surface area contributed by atoms with Crippen LogP contribution in [0.15, 0.2) is 24.3 Å². The first-order valence-electron chi connectivity index (χ1n) is 6.37. The van der Waals surface area contributed by atoms with Crippen molar-refractivity contribution in [3.8, 4) is 5.75 Å². The second-order valence-corrected chi connectivity index (χ2v) is 5.16.